The lowest BCUT2D eigenvalue weighted by molar-refractivity contribution is -0.111. The van der Waals surface area contributed by atoms with Gasteiger partial charge in [-0.1, -0.05) is 53.5 Å². The van der Waals surface area contributed by atoms with E-state index in [1.54, 1.807) is 54.6 Å². The normalized spacial score (nSPS) is 11.4. The topological polar surface area (TPSA) is 68.3 Å². The summed E-state index contributed by atoms with van der Waals surface area (Å²) >= 11 is 12.2. The number of carbonyl (C=O) groups is 1. The van der Waals surface area contributed by atoms with Gasteiger partial charge in [0.1, 0.15) is 17.0 Å². The van der Waals surface area contributed by atoms with E-state index in [1.807, 2.05) is 30.3 Å². The number of hydrogen-bond donors (Lipinski definition) is 1. The van der Waals surface area contributed by atoms with Crippen LogP contribution in [0.3, 0.4) is 0 Å². The first-order valence-electron chi connectivity index (χ1n) is 10.5. The Kier molecular flexibility index (Phi) is 6.21. The number of benzene rings is 3. The fraction of sp³-hybridized carbons (Fsp3) is 0.0370. The van der Waals surface area contributed by atoms with Crippen LogP contribution in [0, 0.1) is 0 Å². The zero-order chi connectivity index (χ0) is 23.5. The number of rotatable bonds is 6. The maximum Gasteiger partial charge on any atom is 0.248 e. The maximum absolute atomic E-state index is 12.4. The van der Waals surface area contributed by atoms with Gasteiger partial charge in [0.2, 0.25) is 5.91 Å². The summed E-state index contributed by atoms with van der Waals surface area (Å²) in [6, 6.07) is 24.1. The number of hydrogen-bond acceptors (Lipinski definition) is 4. The van der Waals surface area contributed by atoms with Gasteiger partial charge in [0.25, 0.3) is 0 Å². The van der Waals surface area contributed by atoms with Crippen molar-refractivity contribution in [3.05, 3.63) is 112 Å². The molecule has 0 saturated carbocycles. The third-order valence-electron chi connectivity index (χ3n) is 5.12. The molecule has 0 radical (unpaired) electrons. The van der Waals surface area contributed by atoms with E-state index in [-0.39, 0.29) is 5.91 Å². The lowest BCUT2D eigenvalue weighted by atomic mass is 10.1. The Labute approximate surface area is 205 Å². The van der Waals surface area contributed by atoms with Crippen LogP contribution in [0.15, 0.2) is 93.8 Å². The van der Waals surface area contributed by atoms with E-state index in [9.17, 15) is 4.79 Å². The number of halogens is 2. The molecule has 34 heavy (non-hydrogen) atoms. The first kappa shape index (κ1) is 22.0. The van der Waals surface area contributed by atoms with Crippen molar-refractivity contribution < 1.29 is 13.6 Å². The van der Waals surface area contributed by atoms with Gasteiger partial charge in [0, 0.05) is 28.8 Å². The van der Waals surface area contributed by atoms with Crippen LogP contribution in [0.25, 0.3) is 28.5 Å². The first-order valence-corrected chi connectivity index (χ1v) is 11.3. The third-order valence-corrected chi connectivity index (χ3v) is 5.67. The van der Waals surface area contributed by atoms with Crippen molar-refractivity contribution in [3.63, 3.8) is 0 Å². The number of carbonyl (C=O) groups excluding carboxylic acids is 1. The molecule has 7 heteroatoms. The predicted molar refractivity (Wildman–Crippen MR) is 135 cm³/mol. The maximum atomic E-state index is 12.4. The molecule has 0 fully saturated rings. The van der Waals surface area contributed by atoms with Crippen LogP contribution < -0.4 is 5.32 Å². The third kappa shape index (κ3) is 5.06. The minimum Gasteiger partial charge on any atom is -0.457 e. The van der Waals surface area contributed by atoms with Gasteiger partial charge in [-0.25, -0.2) is 4.98 Å². The molecule has 0 spiro atoms. The van der Waals surface area contributed by atoms with Crippen LogP contribution >= 0.6 is 23.2 Å². The second-order valence-corrected chi connectivity index (χ2v) is 8.44. The van der Waals surface area contributed by atoms with E-state index >= 15 is 0 Å². The summed E-state index contributed by atoms with van der Waals surface area (Å²) in [6.45, 7) is 0. The number of aromatic nitrogens is 1. The average Bonchev–Trinajstić information content (AvgIpc) is 3.45. The predicted octanol–water partition coefficient (Wildman–Crippen LogP) is 7.64. The Morgan fingerprint density at radius 3 is 2.62 bits per heavy atom. The summed E-state index contributed by atoms with van der Waals surface area (Å²) < 4.78 is 11.6. The Hall–Kier alpha value is -3.80. The molecule has 168 valence electrons. The van der Waals surface area contributed by atoms with Gasteiger partial charge in [0.05, 0.1) is 5.02 Å². The summed E-state index contributed by atoms with van der Waals surface area (Å²) in [4.78, 5) is 17.0. The molecule has 5 aromatic rings. The largest absolute Gasteiger partial charge is 0.457 e. The van der Waals surface area contributed by atoms with Gasteiger partial charge in [-0.2, -0.15) is 0 Å². The number of amides is 1. The standard InChI is InChI=1S/C27H18Cl2N2O3/c28-18-6-10-21(22(29)15-18)24-12-8-20(33-24)9-13-26(32)30-19-7-11-25-23(16-19)31-27(34-25)14-17-4-2-1-3-5-17/h1-13,15-16H,14H2,(H,30,32)/b13-9+. The molecule has 0 aliphatic heterocycles. The lowest BCUT2D eigenvalue weighted by Gasteiger charge is -2.01. The Morgan fingerprint density at radius 2 is 1.79 bits per heavy atom. The fourth-order valence-corrected chi connectivity index (χ4v) is 4.02. The fourth-order valence-electron chi connectivity index (χ4n) is 3.52. The SMILES string of the molecule is O=C(/C=C/c1ccc(-c2ccc(Cl)cc2Cl)o1)Nc1ccc2oc(Cc3ccccc3)nc2c1. The molecule has 2 heterocycles. The minimum absolute atomic E-state index is 0.296. The molecule has 0 unspecified atom stereocenters. The number of oxazole rings is 1. The molecule has 1 amide bonds. The first-order chi connectivity index (χ1) is 16.5. The molecule has 5 nitrogen and oxygen atoms in total. The van der Waals surface area contributed by atoms with E-state index in [2.05, 4.69) is 10.3 Å². The van der Waals surface area contributed by atoms with Crippen molar-refractivity contribution in [1.82, 2.24) is 4.98 Å². The molecule has 5 rings (SSSR count). The minimum atomic E-state index is -0.296. The van der Waals surface area contributed by atoms with E-state index in [0.29, 0.717) is 50.7 Å². The molecule has 0 aliphatic rings. The van der Waals surface area contributed by atoms with Crippen LogP contribution in [0.5, 0.6) is 0 Å². The molecule has 3 aromatic carbocycles. The quantitative estimate of drug-likeness (QED) is 0.249. The highest BCUT2D eigenvalue weighted by molar-refractivity contribution is 6.36. The molecular weight excluding hydrogens is 471 g/mol. The number of fused-ring (bicyclic) bond motifs is 1. The van der Waals surface area contributed by atoms with Gasteiger partial charge in [-0.05, 0) is 60.2 Å². The van der Waals surface area contributed by atoms with Crippen LogP contribution in [-0.2, 0) is 11.2 Å². The summed E-state index contributed by atoms with van der Waals surface area (Å²) in [5, 5.41) is 3.87. The Bertz CT molecular complexity index is 1500. The van der Waals surface area contributed by atoms with Gasteiger partial charge in [0.15, 0.2) is 11.5 Å². The van der Waals surface area contributed by atoms with Gasteiger partial charge >= 0.3 is 0 Å². The Balaban J connectivity index is 1.25. The van der Waals surface area contributed by atoms with Crippen molar-refractivity contribution in [1.29, 1.82) is 0 Å². The number of nitrogens with one attached hydrogen (secondary N) is 1. The average molecular weight is 489 g/mol. The molecule has 1 N–H and O–H groups in total. The molecule has 0 atom stereocenters. The Morgan fingerprint density at radius 1 is 0.941 bits per heavy atom. The summed E-state index contributed by atoms with van der Waals surface area (Å²) in [6.07, 6.45) is 3.60. The highest BCUT2D eigenvalue weighted by atomic mass is 35.5. The summed E-state index contributed by atoms with van der Waals surface area (Å²) in [5.74, 6) is 1.44. The monoisotopic (exact) mass is 488 g/mol. The van der Waals surface area contributed by atoms with Crippen LogP contribution in [0.1, 0.15) is 17.2 Å². The van der Waals surface area contributed by atoms with E-state index in [0.717, 1.165) is 11.1 Å². The zero-order valence-electron chi connectivity index (χ0n) is 17.8. The number of furan rings is 1. The van der Waals surface area contributed by atoms with Crippen molar-refractivity contribution in [3.8, 4) is 11.3 Å². The van der Waals surface area contributed by atoms with E-state index in [1.165, 1.54) is 6.08 Å². The molecule has 0 bridgehead atoms. The van der Waals surface area contributed by atoms with Gasteiger partial charge < -0.3 is 14.2 Å². The summed E-state index contributed by atoms with van der Waals surface area (Å²) in [7, 11) is 0. The van der Waals surface area contributed by atoms with Crippen molar-refractivity contribution in [2.75, 3.05) is 5.32 Å². The highest BCUT2D eigenvalue weighted by Gasteiger charge is 2.10. The van der Waals surface area contributed by atoms with Gasteiger partial charge in [-0.3, -0.25) is 4.79 Å². The zero-order valence-corrected chi connectivity index (χ0v) is 19.3. The van der Waals surface area contributed by atoms with Crippen molar-refractivity contribution in [2.45, 2.75) is 6.42 Å². The van der Waals surface area contributed by atoms with Crippen LogP contribution in [0.4, 0.5) is 5.69 Å². The molecule has 0 saturated heterocycles. The highest BCUT2D eigenvalue weighted by Crippen LogP contribution is 2.31. The summed E-state index contributed by atoms with van der Waals surface area (Å²) in [5.41, 5.74) is 3.82. The second-order valence-electron chi connectivity index (χ2n) is 7.60. The van der Waals surface area contributed by atoms with Gasteiger partial charge in [-0.15, -0.1) is 0 Å². The van der Waals surface area contributed by atoms with Crippen LogP contribution in [-0.4, -0.2) is 10.9 Å². The van der Waals surface area contributed by atoms with Crippen molar-refractivity contribution >= 4 is 52.0 Å². The van der Waals surface area contributed by atoms with Crippen LogP contribution in [0.2, 0.25) is 10.0 Å². The molecular formula is C27H18Cl2N2O3. The lowest BCUT2D eigenvalue weighted by Crippen LogP contribution is -2.07. The van der Waals surface area contributed by atoms with E-state index < -0.39 is 0 Å². The molecule has 2 aromatic heterocycles. The second kappa shape index (κ2) is 9.59. The molecule has 0 aliphatic carbocycles. The number of nitrogens with zero attached hydrogens (tertiary/aromatic N) is 1. The van der Waals surface area contributed by atoms with Crippen molar-refractivity contribution in [2.24, 2.45) is 0 Å². The smallest absolute Gasteiger partial charge is 0.248 e. The van der Waals surface area contributed by atoms with E-state index in [4.69, 9.17) is 32.0 Å². The number of anilines is 1.